The van der Waals surface area contributed by atoms with Crippen LogP contribution in [0.2, 0.25) is 0 Å². The number of hydrogen-bond donors (Lipinski definition) is 3. The summed E-state index contributed by atoms with van der Waals surface area (Å²) in [5.74, 6) is -0.700. The van der Waals surface area contributed by atoms with Crippen LogP contribution in [-0.2, 0) is 16.6 Å². The van der Waals surface area contributed by atoms with E-state index in [2.05, 4.69) is 34.5 Å². The number of piperazine rings is 1. The summed E-state index contributed by atoms with van der Waals surface area (Å²) in [7, 11) is -3.52. The number of aryl methyl sites for hydroxylation is 1. The highest BCUT2D eigenvalue weighted by molar-refractivity contribution is 7.86. The second-order valence-corrected chi connectivity index (χ2v) is 14.2. The summed E-state index contributed by atoms with van der Waals surface area (Å²) in [5, 5.41) is 11.2. The molecule has 224 valence electrons. The van der Waals surface area contributed by atoms with Crippen LogP contribution in [0, 0.1) is 6.92 Å². The lowest BCUT2D eigenvalue weighted by Gasteiger charge is -2.40. The first kappa shape index (κ1) is 29.5. The molecule has 0 unspecified atom stereocenters. The fourth-order valence-electron chi connectivity index (χ4n) is 6.14. The number of anilines is 1. The van der Waals surface area contributed by atoms with Crippen LogP contribution in [0.3, 0.4) is 0 Å². The summed E-state index contributed by atoms with van der Waals surface area (Å²) < 4.78 is 31.6. The maximum atomic E-state index is 13.3. The zero-order valence-electron chi connectivity index (χ0n) is 24.6. The molecule has 2 aromatic rings. The van der Waals surface area contributed by atoms with E-state index in [-0.39, 0.29) is 11.9 Å². The van der Waals surface area contributed by atoms with Crippen LogP contribution in [0.25, 0.3) is 5.69 Å². The first-order chi connectivity index (χ1) is 19.3. The highest BCUT2D eigenvalue weighted by Crippen LogP contribution is 2.30. The predicted molar refractivity (Wildman–Crippen MR) is 157 cm³/mol. The van der Waals surface area contributed by atoms with Gasteiger partial charge >= 0.3 is 0 Å². The molecule has 3 aliphatic rings. The van der Waals surface area contributed by atoms with E-state index in [4.69, 9.17) is 5.73 Å². The van der Waals surface area contributed by atoms with Gasteiger partial charge in [-0.3, -0.25) is 14.5 Å². The highest BCUT2D eigenvalue weighted by Gasteiger charge is 2.37. The van der Waals surface area contributed by atoms with Gasteiger partial charge in [0.05, 0.1) is 28.2 Å². The van der Waals surface area contributed by atoms with E-state index in [1.54, 1.807) is 25.4 Å². The molecule has 0 saturated carbocycles. The topological polar surface area (TPSA) is 146 Å². The number of nitrogens with one attached hydrogen (secondary N) is 2. The summed E-state index contributed by atoms with van der Waals surface area (Å²) in [6, 6.07) is 5.66. The van der Waals surface area contributed by atoms with Gasteiger partial charge in [0.1, 0.15) is 0 Å². The number of nitrogens with two attached hydrogens (primary N) is 1. The molecule has 12 nitrogen and oxygen atoms in total. The maximum Gasteiger partial charge on any atom is 0.282 e. The number of carbonyl (C=O) groups excluding carboxylic acids is 2. The van der Waals surface area contributed by atoms with E-state index >= 15 is 0 Å². The van der Waals surface area contributed by atoms with E-state index in [9.17, 15) is 18.0 Å². The molecule has 3 aliphatic heterocycles. The lowest BCUT2D eigenvalue weighted by atomic mass is 9.90. The van der Waals surface area contributed by atoms with Gasteiger partial charge < -0.3 is 16.4 Å². The SMILES string of the molecule is Cc1nn(-c2ccc(C(N)=O)c(NC3CCN(S(=O)(=O)N4CCN(C(C)C)CC4)CC3)c2)c2c1C(=O)NC(C)(C)C2. The van der Waals surface area contributed by atoms with Crippen molar-refractivity contribution in [1.29, 1.82) is 0 Å². The summed E-state index contributed by atoms with van der Waals surface area (Å²) in [6.45, 7) is 13.3. The molecule has 4 heterocycles. The molecule has 2 fully saturated rings. The monoisotopic (exact) mass is 586 g/mol. The van der Waals surface area contributed by atoms with Crippen LogP contribution < -0.4 is 16.4 Å². The number of benzene rings is 1. The molecule has 13 heteroatoms. The van der Waals surface area contributed by atoms with Crippen molar-refractivity contribution in [2.75, 3.05) is 44.6 Å². The van der Waals surface area contributed by atoms with Crippen LogP contribution in [0.15, 0.2) is 18.2 Å². The molecule has 4 N–H and O–H groups in total. The number of fused-ring (bicyclic) bond motifs is 1. The smallest absolute Gasteiger partial charge is 0.282 e. The maximum absolute atomic E-state index is 13.3. The van der Waals surface area contributed by atoms with Gasteiger partial charge in [-0.05, 0) is 65.7 Å². The average molecular weight is 587 g/mol. The van der Waals surface area contributed by atoms with Gasteiger partial charge in [0, 0.05) is 69.0 Å². The van der Waals surface area contributed by atoms with Gasteiger partial charge in [-0.2, -0.15) is 22.1 Å². The molecule has 41 heavy (non-hydrogen) atoms. The van der Waals surface area contributed by atoms with Gasteiger partial charge in [0.25, 0.3) is 22.0 Å². The second-order valence-electron chi connectivity index (χ2n) is 12.3. The Hall–Kier alpha value is -3.00. The zero-order chi connectivity index (χ0) is 29.7. The van der Waals surface area contributed by atoms with E-state index in [1.807, 2.05) is 26.8 Å². The summed E-state index contributed by atoms with van der Waals surface area (Å²) >= 11 is 0. The largest absolute Gasteiger partial charge is 0.382 e. The molecule has 1 aromatic carbocycles. The number of amides is 2. The number of primary amides is 1. The van der Waals surface area contributed by atoms with Crippen molar-refractivity contribution in [3.8, 4) is 5.69 Å². The number of aromatic nitrogens is 2. The third-order valence-corrected chi connectivity index (χ3v) is 10.5. The van der Waals surface area contributed by atoms with Crippen molar-refractivity contribution in [2.24, 2.45) is 5.73 Å². The lowest BCUT2D eigenvalue weighted by Crippen LogP contribution is -2.55. The Morgan fingerprint density at radius 3 is 2.34 bits per heavy atom. The van der Waals surface area contributed by atoms with Crippen molar-refractivity contribution in [3.63, 3.8) is 0 Å². The fraction of sp³-hybridized carbons (Fsp3) is 0.607. The van der Waals surface area contributed by atoms with Gasteiger partial charge in [0.2, 0.25) is 0 Å². The van der Waals surface area contributed by atoms with Gasteiger partial charge in [-0.15, -0.1) is 0 Å². The highest BCUT2D eigenvalue weighted by atomic mass is 32.2. The molecule has 5 rings (SSSR count). The number of nitrogens with zero attached hydrogens (tertiary/aromatic N) is 5. The Labute approximate surface area is 242 Å². The van der Waals surface area contributed by atoms with E-state index in [0.717, 1.165) is 18.8 Å². The molecule has 0 bridgehead atoms. The predicted octanol–water partition coefficient (Wildman–Crippen LogP) is 1.49. The van der Waals surface area contributed by atoms with Crippen molar-refractivity contribution >= 4 is 27.7 Å². The molecular weight excluding hydrogens is 544 g/mol. The van der Waals surface area contributed by atoms with Crippen molar-refractivity contribution < 1.29 is 18.0 Å². The Balaban J connectivity index is 1.31. The van der Waals surface area contributed by atoms with Gasteiger partial charge in [-0.25, -0.2) is 4.68 Å². The molecule has 2 saturated heterocycles. The zero-order valence-corrected chi connectivity index (χ0v) is 25.4. The molecular formula is C28H42N8O4S. The van der Waals surface area contributed by atoms with E-state index < -0.39 is 21.7 Å². The Morgan fingerprint density at radius 2 is 1.73 bits per heavy atom. The van der Waals surface area contributed by atoms with E-state index in [1.165, 1.54) is 0 Å². The minimum Gasteiger partial charge on any atom is -0.382 e. The Morgan fingerprint density at radius 1 is 1.10 bits per heavy atom. The first-order valence-corrected chi connectivity index (χ1v) is 15.8. The Bertz CT molecular complexity index is 1440. The third kappa shape index (κ3) is 5.85. The van der Waals surface area contributed by atoms with Crippen molar-refractivity contribution in [3.05, 3.63) is 40.7 Å². The van der Waals surface area contributed by atoms with Crippen LogP contribution in [-0.4, -0.2) is 100 Å². The first-order valence-electron chi connectivity index (χ1n) is 14.4. The number of piperidine rings is 1. The second kappa shape index (κ2) is 11.0. The van der Waals surface area contributed by atoms with Crippen LogP contribution in [0.1, 0.15) is 72.6 Å². The standard InChI is InChI=1S/C28H42N8O4S/c1-18(2)33-12-14-35(15-13-33)41(39,40)34-10-8-20(9-11-34)30-23-16-21(6-7-22(23)26(29)37)36-24-17-28(4,5)31-27(38)25(24)19(3)32-36/h6-7,16,18,20,30H,8-15,17H2,1-5H3,(H2,29,37)(H,31,38). The van der Waals surface area contributed by atoms with E-state index in [0.29, 0.717) is 79.7 Å². The average Bonchev–Trinajstić information content (AvgIpc) is 3.23. The minimum absolute atomic E-state index is 0.0365. The number of rotatable bonds is 7. The van der Waals surface area contributed by atoms with Gasteiger partial charge in [-0.1, -0.05) is 0 Å². The Kier molecular flexibility index (Phi) is 7.92. The molecule has 0 aliphatic carbocycles. The molecule has 0 spiro atoms. The van der Waals surface area contributed by atoms with Crippen LogP contribution in [0.5, 0.6) is 0 Å². The lowest BCUT2D eigenvalue weighted by molar-refractivity contribution is 0.0894. The summed E-state index contributed by atoms with van der Waals surface area (Å²) in [5.41, 5.74) is 8.98. The number of hydrogen-bond acceptors (Lipinski definition) is 7. The number of carbonyl (C=O) groups is 2. The van der Waals surface area contributed by atoms with Crippen LogP contribution >= 0.6 is 0 Å². The minimum atomic E-state index is -3.52. The molecule has 0 atom stereocenters. The van der Waals surface area contributed by atoms with Crippen LogP contribution in [0.4, 0.5) is 5.69 Å². The van der Waals surface area contributed by atoms with Crippen molar-refractivity contribution in [1.82, 2.24) is 28.6 Å². The van der Waals surface area contributed by atoms with Gasteiger partial charge in [0.15, 0.2) is 0 Å². The molecule has 2 amide bonds. The quantitative estimate of drug-likeness (QED) is 0.446. The molecule has 1 aromatic heterocycles. The molecule has 0 radical (unpaired) electrons. The third-order valence-electron chi connectivity index (χ3n) is 8.43. The summed E-state index contributed by atoms with van der Waals surface area (Å²) in [6.07, 6.45) is 1.80. The fourth-order valence-corrected chi connectivity index (χ4v) is 7.77. The van der Waals surface area contributed by atoms with Crippen molar-refractivity contribution in [2.45, 2.75) is 71.5 Å². The normalized spacial score (nSPS) is 21.1. The summed E-state index contributed by atoms with van der Waals surface area (Å²) in [4.78, 5) is 27.4.